The number of amides is 1. The van der Waals surface area contributed by atoms with Crippen LogP contribution in [0.15, 0.2) is 48.5 Å². The van der Waals surface area contributed by atoms with Gasteiger partial charge in [0.25, 0.3) is 5.91 Å². The lowest BCUT2D eigenvalue weighted by Crippen LogP contribution is -2.31. The molecule has 160 valence electrons. The summed E-state index contributed by atoms with van der Waals surface area (Å²) < 4.78 is 6.74. The minimum absolute atomic E-state index is 0.0617. The van der Waals surface area contributed by atoms with Crippen molar-refractivity contribution in [1.82, 2.24) is 15.1 Å². The molecule has 6 heteroatoms. The van der Waals surface area contributed by atoms with E-state index >= 15 is 0 Å². The minimum Gasteiger partial charge on any atom is -0.469 e. The average molecular weight is 418 g/mol. The fraction of sp³-hybridized carbons (Fsp3) is 0.320. The van der Waals surface area contributed by atoms with Crippen molar-refractivity contribution in [2.75, 3.05) is 7.11 Å². The monoisotopic (exact) mass is 417 g/mol. The number of ether oxygens (including phenoxy) is 1. The highest BCUT2D eigenvalue weighted by Crippen LogP contribution is 2.29. The topological polar surface area (TPSA) is 73.2 Å². The molecule has 1 aromatic heterocycles. The van der Waals surface area contributed by atoms with Gasteiger partial charge >= 0.3 is 5.97 Å². The lowest BCUT2D eigenvalue weighted by Gasteiger charge is -2.18. The van der Waals surface area contributed by atoms with E-state index in [-0.39, 0.29) is 18.3 Å². The van der Waals surface area contributed by atoms with Crippen molar-refractivity contribution < 1.29 is 14.3 Å². The number of benzene rings is 2. The van der Waals surface area contributed by atoms with Gasteiger partial charge in [-0.15, -0.1) is 0 Å². The van der Waals surface area contributed by atoms with Crippen molar-refractivity contribution in [2.24, 2.45) is 0 Å². The summed E-state index contributed by atoms with van der Waals surface area (Å²) in [4.78, 5) is 25.3. The molecule has 1 N–H and O–H groups in total. The van der Waals surface area contributed by atoms with E-state index in [2.05, 4.69) is 10.4 Å². The van der Waals surface area contributed by atoms with E-state index < -0.39 is 6.04 Å². The average Bonchev–Trinajstić information content (AvgIpc) is 3.37. The van der Waals surface area contributed by atoms with Crippen LogP contribution >= 0.6 is 0 Å². The molecule has 2 aromatic carbocycles. The Kier molecular flexibility index (Phi) is 5.89. The minimum atomic E-state index is -0.484. The predicted octanol–water partition coefficient (Wildman–Crippen LogP) is 4.01. The number of methoxy groups -OCH3 is 1. The first-order chi connectivity index (χ1) is 15.0. The molecule has 6 nitrogen and oxygen atoms in total. The van der Waals surface area contributed by atoms with Crippen LogP contribution in [0.25, 0.3) is 5.69 Å². The van der Waals surface area contributed by atoms with Crippen molar-refractivity contribution in [3.05, 3.63) is 82.2 Å². The molecule has 0 aliphatic heterocycles. The molecule has 0 spiro atoms. The smallest absolute Gasteiger partial charge is 0.307 e. The molecule has 1 unspecified atom stereocenters. The second-order valence-electron chi connectivity index (χ2n) is 8.09. The van der Waals surface area contributed by atoms with E-state index in [4.69, 9.17) is 4.74 Å². The van der Waals surface area contributed by atoms with Gasteiger partial charge in [0.15, 0.2) is 5.69 Å². The number of nitrogens with one attached hydrogen (secondary N) is 1. The Hall–Kier alpha value is -3.41. The number of hydrogen-bond donors (Lipinski definition) is 1. The van der Waals surface area contributed by atoms with Crippen LogP contribution in [-0.4, -0.2) is 28.8 Å². The Morgan fingerprint density at radius 2 is 1.68 bits per heavy atom. The van der Waals surface area contributed by atoms with Crippen LogP contribution in [0, 0.1) is 13.8 Å². The Morgan fingerprint density at radius 1 is 1.03 bits per heavy atom. The van der Waals surface area contributed by atoms with E-state index in [1.807, 2.05) is 67.1 Å². The fourth-order valence-electron chi connectivity index (χ4n) is 4.05. The van der Waals surface area contributed by atoms with Gasteiger partial charge < -0.3 is 10.1 Å². The number of aromatic nitrogens is 2. The largest absolute Gasteiger partial charge is 0.469 e. The quantitative estimate of drug-likeness (QED) is 0.615. The summed E-state index contributed by atoms with van der Waals surface area (Å²) in [6.07, 6.45) is 2.79. The third-order valence-corrected chi connectivity index (χ3v) is 5.81. The van der Waals surface area contributed by atoms with E-state index in [1.165, 1.54) is 12.7 Å². The molecule has 3 aromatic rings. The molecule has 31 heavy (non-hydrogen) atoms. The standard InChI is InChI=1S/C25H27N3O3/c1-16-7-11-18(12-8-16)21(15-23(29)31-3)26-25(30)24-20-5-4-6-22(20)28(27-24)19-13-9-17(2)10-14-19/h7-14,21H,4-6,15H2,1-3H3,(H,26,30). The van der Waals surface area contributed by atoms with Crippen LogP contribution in [0.2, 0.25) is 0 Å². The molecule has 4 rings (SSSR count). The first kappa shape index (κ1) is 20.8. The van der Waals surface area contributed by atoms with Crippen molar-refractivity contribution in [1.29, 1.82) is 0 Å². The van der Waals surface area contributed by atoms with Gasteiger partial charge in [-0.05, 0) is 50.8 Å². The van der Waals surface area contributed by atoms with Gasteiger partial charge in [-0.3, -0.25) is 9.59 Å². The number of hydrogen-bond acceptors (Lipinski definition) is 4. The predicted molar refractivity (Wildman–Crippen MR) is 118 cm³/mol. The number of nitrogens with zero attached hydrogens (tertiary/aromatic N) is 2. The van der Waals surface area contributed by atoms with E-state index in [9.17, 15) is 9.59 Å². The normalized spacial score (nSPS) is 13.5. The SMILES string of the molecule is COC(=O)CC(NC(=O)c1nn(-c2ccc(C)cc2)c2c1CCC2)c1ccc(C)cc1. The first-order valence-electron chi connectivity index (χ1n) is 10.6. The highest BCUT2D eigenvalue weighted by atomic mass is 16.5. The van der Waals surface area contributed by atoms with Gasteiger partial charge in [0, 0.05) is 11.3 Å². The van der Waals surface area contributed by atoms with Gasteiger partial charge in [0.1, 0.15) is 0 Å². The van der Waals surface area contributed by atoms with Gasteiger partial charge in [-0.1, -0.05) is 47.5 Å². The molecule has 1 atom stereocenters. The molecule has 1 aliphatic carbocycles. The van der Waals surface area contributed by atoms with Gasteiger partial charge in [-0.25, -0.2) is 4.68 Å². The number of carbonyl (C=O) groups is 2. The Morgan fingerprint density at radius 3 is 2.32 bits per heavy atom. The summed E-state index contributed by atoms with van der Waals surface area (Å²) in [5, 5.41) is 7.70. The Balaban J connectivity index is 1.64. The van der Waals surface area contributed by atoms with Crippen LogP contribution in [0.1, 0.15) is 57.3 Å². The second-order valence-corrected chi connectivity index (χ2v) is 8.09. The fourth-order valence-corrected chi connectivity index (χ4v) is 4.05. The number of aryl methyl sites for hydroxylation is 2. The van der Waals surface area contributed by atoms with Crippen LogP contribution in [0.5, 0.6) is 0 Å². The zero-order valence-electron chi connectivity index (χ0n) is 18.1. The van der Waals surface area contributed by atoms with E-state index in [1.54, 1.807) is 0 Å². The summed E-state index contributed by atoms with van der Waals surface area (Å²) in [5.74, 6) is -0.639. The van der Waals surface area contributed by atoms with Crippen molar-refractivity contribution in [3.8, 4) is 5.69 Å². The number of rotatable bonds is 6. The molecule has 0 saturated carbocycles. The van der Waals surface area contributed by atoms with Gasteiger partial charge in [-0.2, -0.15) is 5.10 Å². The molecule has 1 amide bonds. The van der Waals surface area contributed by atoms with Crippen molar-refractivity contribution in [3.63, 3.8) is 0 Å². The van der Waals surface area contributed by atoms with Crippen LogP contribution < -0.4 is 5.32 Å². The summed E-state index contributed by atoms with van der Waals surface area (Å²) in [5.41, 5.74) is 6.63. The summed E-state index contributed by atoms with van der Waals surface area (Å²) in [7, 11) is 1.35. The van der Waals surface area contributed by atoms with E-state index in [0.29, 0.717) is 5.69 Å². The summed E-state index contributed by atoms with van der Waals surface area (Å²) in [6, 6.07) is 15.4. The lowest BCUT2D eigenvalue weighted by atomic mass is 10.0. The zero-order chi connectivity index (χ0) is 22.0. The van der Waals surface area contributed by atoms with Crippen LogP contribution in [0.3, 0.4) is 0 Å². The maximum Gasteiger partial charge on any atom is 0.307 e. The molecule has 0 bridgehead atoms. The highest BCUT2D eigenvalue weighted by Gasteiger charge is 2.29. The number of fused-ring (bicyclic) bond motifs is 1. The molecule has 1 heterocycles. The van der Waals surface area contributed by atoms with Gasteiger partial charge in [0.2, 0.25) is 0 Å². The number of carbonyl (C=O) groups excluding carboxylic acids is 2. The molecule has 1 aliphatic rings. The van der Waals surface area contributed by atoms with Crippen molar-refractivity contribution in [2.45, 2.75) is 45.6 Å². The molecule has 0 saturated heterocycles. The molecule has 0 fully saturated rings. The summed E-state index contributed by atoms with van der Waals surface area (Å²) >= 11 is 0. The van der Waals surface area contributed by atoms with E-state index in [0.717, 1.165) is 47.3 Å². The maximum atomic E-state index is 13.3. The Labute approximate surface area is 182 Å². The van der Waals surface area contributed by atoms with Gasteiger partial charge in [0.05, 0.1) is 25.3 Å². The van der Waals surface area contributed by atoms with Crippen molar-refractivity contribution >= 4 is 11.9 Å². The highest BCUT2D eigenvalue weighted by molar-refractivity contribution is 5.95. The molecule has 0 radical (unpaired) electrons. The zero-order valence-corrected chi connectivity index (χ0v) is 18.1. The Bertz CT molecular complexity index is 1100. The van der Waals surface area contributed by atoms with Crippen LogP contribution in [0.4, 0.5) is 0 Å². The maximum absolute atomic E-state index is 13.3. The van der Waals surface area contributed by atoms with Crippen LogP contribution in [-0.2, 0) is 22.4 Å². The second kappa shape index (κ2) is 8.76. The number of esters is 1. The molecular weight excluding hydrogens is 390 g/mol. The third-order valence-electron chi connectivity index (χ3n) is 5.81. The first-order valence-corrected chi connectivity index (χ1v) is 10.6. The third kappa shape index (κ3) is 4.38. The lowest BCUT2D eigenvalue weighted by molar-refractivity contribution is -0.141. The molecular formula is C25H27N3O3. The summed E-state index contributed by atoms with van der Waals surface area (Å²) in [6.45, 7) is 4.04.